The van der Waals surface area contributed by atoms with Gasteiger partial charge in [-0.3, -0.25) is 14.5 Å². The highest BCUT2D eigenvalue weighted by molar-refractivity contribution is 7.14. The number of urea groups is 1. The van der Waals surface area contributed by atoms with Crippen LogP contribution >= 0.6 is 11.3 Å². The number of imide groups is 1. The minimum atomic E-state index is -0.801. The molecule has 1 aliphatic heterocycles. The first-order valence-corrected chi connectivity index (χ1v) is 11.1. The van der Waals surface area contributed by atoms with Gasteiger partial charge in [-0.15, -0.1) is 11.3 Å². The van der Waals surface area contributed by atoms with Crippen LogP contribution in [0, 0.1) is 0 Å². The summed E-state index contributed by atoms with van der Waals surface area (Å²) in [4.78, 5) is 42.8. The number of amides is 4. The van der Waals surface area contributed by atoms with Crippen molar-refractivity contribution in [2.75, 3.05) is 11.9 Å². The predicted octanol–water partition coefficient (Wildman–Crippen LogP) is 3.91. The van der Waals surface area contributed by atoms with Crippen LogP contribution in [0.2, 0.25) is 0 Å². The third-order valence-electron chi connectivity index (χ3n) is 5.80. The topological polar surface area (TPSA) is 91.4 Å². The van der Waals surface area contributed by atoms with Crippen molar-refractivity contribution in [3.8, 4) is 11.3 Å². The molecule has 1 aromatic carbocycles. The maximum atomic E-state index is 12.7. The average molecular weight is 427 g/mol. The summed E-state index contributed by atoms with van der Waals surface area (Å²) in [6.45, 7) is 6.19. The first-order valence-electron chi connectivity index (χ1n) is 10.2. The lowest BCUT2D eigenvalue weighted by atomic mass is 9.86. The third kappa shape index (κ3) is 3.84. The van der Waals surface area contributed by atoms with Crippen molar-refractivity contribution in [3.05, 3.63) is 35.2 Å². The highest BCUT2D eigenvalue weighted by atomic mass is 32.1. The van der Waals surface area contributed by atoms with E-state index in [4.69, 9.17) is 0 Å². The van der Waals surface area contributed by atoms with E-state index in [0.717, 1.165) is 29.0 Å². The van der Waals surface area contributed by atoms with Crippen LogP contribution < -0.4 is 10.6 Å². The quantitative estimate of drug-likeness (QED) is 0.725. The number of hydrogen-bond acceptors (Lipinski definition) is 5. The van der Waals surface area contributed by atoms with E-state index >= 15 is 0 Å². The van der Waals surface area contributed by atoms with Gasteiger partial charge in [0.2, 0.25) is 5.91 Å². The van der Waals surface area contributed by atoms with Gasteiger partial charge in [0.05, 0.1) is 5.69 Å². The van der Waals surface area contributed by atoms with E-state index in [1.54, 1.807) is 0 Å². The lowest BCUT2D eigenvalue weighted by Gasteiger charge is -2.19. The number of nitrogens with one attached hydrogen (secondary N) is 2. The number of benzene rings is 1. The van der Waals surface area contributed by atoms with Crippen LogP contribution in [0.3, 0.4) is 0 Å². The Morgan fingerprint density at radius 1 is 1.20 bits per heavy atom. The van der Waals surface area contributed by atoms with Crippen molar-refractivity contribution >= 4 is 34.3 Å². The molecule has 158 valence electrons. The summed E-state index contributed by atoms with van der Waals surface area (Å²) in [5.41, 5.74) is 2.26. The Morgan fingerprint density at radius 3 is 2.50 bits per heavy atom. The molecule has 2 heterocycles. The smallest absolute Gasteiger partial charge is 0.323 e. The Hall–Kier alpha value is -2.74. The molecule has 1 saturated carbocycles. The number of carbonyl (C=O) groups excluding carboxylic acids is 3. The summed E-state index contributed by atoms with van der Waals surface area (Å²) in [6, 6.07) is 7.73. The van der Waals surface area contributed by atoms with Gasteiger partial charge in [0.15, 0.2) is 5.13 Å². The average Bonchev–Trinajstić information content (AvgIpc) is 3.39. The van der Waals surface area contributed by atoms with Crippen LogP contribution in [0.15, 0.2) is 29.6 Å². The zero-order valence-corrected chi connectivity index (χ0v) is 18.3. The van der Waals surface area contributed by atoms with Crippen LogP contribution in [0.1, 0.15) is 52.0 Å². The first kappa shape index (κ1) is 20.5. The van der Waals surface area contributed by atoms with Gasteiger partial charge in [0, 0.05) is 10.9 Å². The first-order chi connectivity index (χ1) is 14.2. The maximum Gasteiger partial charge on any atom is 0.325 e. The minimum absolute atomic E-state index is 0.0795. The van der Waals surface area contributed by atoms with Crippen molar-refractivity contribution in [1.82, 2.24) is 15.2 Å². The van der Waals surface area contributed by atoms with Crippen molar-refractivity contribution in [1.29, 1.82) is 0 Å². The molecule has 0 unspecified atom stereocenters. The van der Waals surface area contributed by atoms with E-state index in [0.29, 0.717) is 18.0 Å². The fourth-order valence-corrected chi connectivity index (χ4v) is 4.78. The number of anilines is 1. The monoisotopic (exact) mass is 426 g/mol. The molecule has 1 aliphatic carbocycles. The van der Waals surface area contributed by atoms with E-state index < -0.39 is 17.5 Å². The maximum absolute atomic E-state index is 12.7. The van der Waals surface area contributed by atoms with Gasteiger partial charge < -0.3 is 10.6 Å². The Kier molecular flexibility index (Phi) is 5.13. The zero-order valence-electron chi connectivity index (χ0n) is 17.4. The molecule has 1 aromatic heterocycles. The van der Waals surface area contributed by atoms with Gasteiger partial charge in [-0.1, -0.05) is 57.9 Å². The van der Waals surface area contributed by atoms with Crippen LogP contribution in [-0.2, 0) is 15.0 Å². The number of aromatic nitrogens is 1. The summed E-state index contributed by atoms with van der Waals surface area (Å²) < 4.78 is 0. The molecule has 2 aliphatic rings. The molecule has 0 atom stereocenters. The molecule has 0 bridgehead atoms. The second-order valence-electron chi connectivity index (χ2n) is 9.02. The highest BCUT2D eigenvalue weighted by Crippen LogP contribution is 2.35. The SMILES string of the molecule is CC(C)(C)c1ccc(-c2csc(NC(=O)CN3C(=O)NC4(CCCC4)C3=O)n2)cc1. The molecule has 1 saturated heterocycles. The third-order valence-corrected chi connectivity index (χ3v) is 6.56. The molecule has 2 fully saturated rings. The molecule has 1 spiro atoms. The minimum Gasteiger partial charge on any atom is -0.323 e. The molecule has 2 aromatic rings. The van der Waals surface area contributed by atoms with Gasteiger partial charge in [0.1, 0.15) is 12.1 Å². The summed E-state index contributed by atoms with van der Waals surface area (Å²) in [5, 5.41) is 7.81. The van der Waals surface area contributed by atoms with E-state index in [1.807, 2.05) is 17.5 Å². The van der Waals surface area contributed by atoms with Crippen LogP contribution in [0.5, 0.6) is 0 Å². The number of rotatable bonds is 4. The molecular weight excluding hydrogens is 400 g/mol. The highest BCUT2D eigenvalue weighted by Gasteiger charge is 2.52. The van der Waals surface area contributed by atoms with Crippen molar-refractivity contribution in [2.24, 2.45) is 0 Å². The number of thiazole rings is 1. The van der Waals surface area contributed by atoms with Crippen LogP contribution in [0.4, 0.5) is 9.93 Å². The lowest BCUT2D eigenvalue weighted by Crippen LogP contribution is -2.44. The Balaban J connectivity index is 1.40. The number of nitrogens with zero attached hydrogens (tertiary/aromatic N) is 2. The van der Waals surface area contributed by atoms with Gasteiger partial charge in [0.25, 0.3) is 5.91 Å². The van der Waals surface area contributed by atoms with Gasteiger partial charge >= 0.3 is 6.03 Å². The molecule has 2 N–H and O–H groups in total. The summed E-state index contributed by atoms with van der Waals surface area (Å²) in [7, 11) is 0. The van der Waals surface area contributed by atoms with Crippen molar-refractivity contribution in [3.63, 3.8) is 0 Å². The number of carbonyl (C=O) groups is 3. The summed E-state index contributed by atoms with van der Waals surface area (Å²) in [6.07, 6.45) is 3.09. The van der Waals surface area contributed by atoms with E-state index in [9.17, 15) is 14.4 Å². The fourth-order valence-electron chi connectivity index (χ4n) is 4.04. The Labute approximate surface area is 179 Å². The van der Waals surface area contributed by atoms with Crippen LogP contribution in [-0.4, -0.2) is 39.8 Å². The molecule has 0 radical (unpaired) electrons. The van der Waals surface area contributed by atoms with E-state index in [1.165, 1.54) is 16.9 Å². The summed E-state index contributed by atoms with van der Waals surface area (Å²) >= 11 is 1.31. The fraction of sp³-hybridized carbons (Fsp3) is 0.455. The molecule has 7 nitrogen and oxygen atoms in total. The molecular formula is C22H26N4O3S. The van der Waals surface area contributed by atoms with Gasteiger partial charge in [-0.05, 0) is 23.8 Å². The lowest BCUT2D eigenvalue weighted by molar-refractivity contribution is -0.133. The van der Waals surface area contributed by atoms with Crippen LogP contribution in [0.25, 0.3) is 11.3 Å². The molecule has 8 heteroatoms. The second-order valence-corrected chi connectivity index (χ2v) is 9.88. The van der Waals surface area contributed by atoms with Crippen molar-refractivity contribution in [2.45, 2.75) is 57.4 Å². The predicted molar refractivity (Wildman–Crippen MR) is 116 cm³/mol. The Bertz CT molecular complexity index is 985. The normalized spacial score (nSPS) is 18.2. The molecule has 4 amide bonds. The largest absolute Gasteiger partial charge is 0.325 e. The van der Waals surface area contributed by atoms with Gasteiger partial charge in [-0.25, -0.2) is 9.78 Å². The van der Waals surface area contributed by atoms with Crippen molar-refractivity contribution < 1.29 is 14.4 Å². The standard InChI is InChI=1S/C22H26N4O3S/c1-21(2,3)15-8-6-14(7-9-15)16-13-30-19(23-16)24-17(27)12-26-18(28)22(25-20(26)29)10-4-5-11-22/h6-9,13H,4-5,10-12H2,1-3H3,(H,25,29)(H,23,24,27). The molecule has 30 heavy (non-hydrogen) atoms. The molecule has 4 rings (SSSR count). The van der Waals surface area contributed by atoms with Gasteiger partial charge in [-0.2, -0.15) is 0 Å². The number of hydrogen-bond donors (Lipinski definition) is 2. The van der Waals surface area contributed by atoms with E-state index in [2.05, 4.69) is 48.5 Å². The zero-order chi connectivity index (χ0) is 21.5. The summed E-state index contributed by atoms with van der Waals surface area (Å²) in [5.74, 6) is -0.726. The second kappa shape index (κ2) is 7.50. The Morgan fingerprint density at radius 2 is 1.87 bits per heavy atom. The van der Waals surface area contributed by atoms with E-state index in [-0.39, 0.29) is 17.9 Å².